The summed E-state index contributed by atoms with van der Waals surface area (Å²) in [7, 11) is 0. The van der Waals surface area contributed by atoms with Crippen LogP contribution in [0.2, 0.25) is 0 Å². The number of fused-ring (bicyclic) bond motifs is 3. The number of anilines is 1. The Morgan fingerprint density at radius 3 is 2.50 bits per heavy atom. The van der Waals surface area contributed by atoms with E-state index in [-0.39, 0.29) is 29.6 Å². The van der Waals surface area contributed by atoms with Gasteiger partial charge in [-0.3, -0.25) is 9.13 Å². The third kappa shape index (κ3) is 3.02. The summed E-state index contributed by atoms with van der Waals surface area (Å²) in [6.07, 6.45) is 5.77. The molecule has 1 atom stereocenters. The standard InChI is InChI=1S/C19H29N5O.ClH/c1-5-10-23-17-14(21-15(22-17)12-8-6-7-9-12)16-20-13(19(2,3)4)11-24(16)18(23)25;/h12-13,20H,5-11H2,1-4H3;1H/t13-;/m1./s1. The maximum absolute atomic E-state index is 13.1. The van der Waals surface area contributed by atoms with E-state index in [9.17, 15) is 4.79 Å². The third-order valence-corrected chi connectivity index (χ3v) is 5.76. The van der Waals surface area contributed by atoms with Crippen LogP contribution in [0.15, 0.2) is 4.79 Å². The van der Waals surface area contributed by atoms with E-state index in [1.807, 2.05) is 9.13 Å². The monoisotopic (exact) mass is 379 g/mol. The molecule has 0 saturated heterocycles. The Hall–Kier alpha value is -1.56. The average Bonchev–Trinajstić information content (AvgIpc) is 3.27. The lowest BCUT2D eigenvalue weighted by atomic mass is 9.87. The summed E-state index contributed by atoms with van der Waals surface area (Å²) in [4.78, 5) is 22.8. The molecule has 0 radical (unpaired) electrons. The van der Waals surface area contributed by atoms with Crippen LogP contribution in [0.3, 0.4) is 0 Å². The van der Waals surface area contributed by atoms with Gasteiger partial charge in [-0.15, -0.1) is 12.4 Å². The summed E-state index contributed by atoms with van der Waals surface area (Å²) < 4.78 is 3.71. The zero-order valence-corrected chi connectivity index (χ0v) is 17.0. The Bertz CT molecular complexity index is 813. The van der Waals surface area contributed by atoms with Gasteiger partial charge in [-0.1, -0.05) is 40.5 Å². The van der Waals surface area contributed by atoms with Crippen LogP contribution >= 0.6 is 12.4 Å². The van der Waals surface area contributed by atoms with Crippen LogP contribution < -0.4 is 11.0 Å². The Balaban J connectivity index is 0.00000196. The highest BCUT2D eigenvalue weighted by Gasteiger charge is 2.37. The highest BCUT2D eigenvalue weighted by atomic mass is 35.5. The van der Waals surface area contributed by atoms with Crippen molar-refractivity contribution in [3.8, 4) is 11.5 Å². The lowest BCUT2D eigenvalue weighted by Crippen LogP contribution is -2.35. The van der Waals surface area contributed by atoms with Crippen molar-refractivity contribution in [2.24, 2.45) is 5.41 Å². The molecule has 4 rings (SSSR count). The number of nitrogens with one attached hydrogen (secondary N) is 1. The summed E-state index contributed by atoms with van der Waals surface area (Å²) in [6, 6.07) is 0.229. The Morgan fingerprint density at radius 1 is 1.19 bits per heavy atom. The van der Waals surface area contributed by atoms with Gasteiger partial charge in [-0.2, -0.15) is 0 Å². The van der Waals surface area contributed by atoms with Crippen LogP contribution in [-0.2, 0) is 13.1 Å². The van der Waals surface area contributed by atoms with Crippen molar-refractivity contribution >= 4 is 18.2 Å². The highest BCUT2D eigenvalue weighted by Crippen LogP contribution is 2.39. The molecule has 3 aliphatic heterocycles. The molecule has 0 aromatic heterocycles. The molecule has 0 aromatic rings. The van der Waals surface area contributed by atoms with Gasteiger partial charge in [0.15, 0.2) is 5.82 Å². The molecule has 0 spiro atoms. The molecule has 1 aliphatic carbocycles. The predicted molar refractivity (Wildman–Crippen MR) is 107 cm³/mol. The van der Waals surface area contributed by atoms with Crippen LogP contribution in [0.1, 0.15) is 71.5 Å². The Kier molecular flexibility index (Phi) is 5.08. The third-order valence-electron chi connectivity index (χ3n) is 5.76. The lowest BCUT2D eigenvalue weighted by molar-refractivity contribution is 0.327. The van der Waals surface area contributed by atoms with Crippen LogP contribution in [-0.4, -0.2) is 25.1 Å². The number of hydrogen-bond acceptors (Lipinski definition) is 4. The van der Waals surface area contributed by atoms with Crippen molar-refractivity contribution in [3.63, 3.8) is 0 Å². The zero-order chi connectivity index (χ0) is 17.8. The number of hydrogen-bond donors (Lipinski definition) is 1. The quantitative estimate of drug-likeness (QED) is 0.879. The summed E-state index contributed by atoms with van der Waals surface area (Å²) in [5.74, 6) is 3.02. The lowest BCUT2D eigenvalue weighted by Gasteiger charge is -2.26. The molecule has 0 unspecified atom stereocenters. The molecule has 6 nitrogen and oxygen atoms in total. The Morgan fingerprint density at radius 2 is 1.88 bits per heavy atom. The topological polar surface area (TPSA) is 64.7 Å². The van der Waals surface area contributed by atoms with Crippen molar-refractivity contribution in [2.75, 3.05) is 5.32 Å². The molecular weight excluding hydrogens is 350 g/mol. The molecule has 0 bridgehead atoms. The average molecular weight is 380 g/mol. The van der Waals surface area contributed by atoms with E-state index >= 15 is 0 Å². The first-order valence-electron chi connectivity index (χ1n) is 9.67. The minimum absolute atomic E-state index is 0. The number of aromatic nitrogens is 4. The second-order valence-corrected chi connectivity index (χ2v) is 8.69. The van der Waals surface area contributed by atoms with Crippen LogP contribution in [0, 0.1) is 5.41 Å². The number of imidazole rings is 1. The van der Waals surface area contributed by atoms with E-state index in [0.717, 1.165) is 29.6 Å². The van der Waals surface area contributed by atoms with E-state index in [4.69, 9.17) is 9.97 Å². The molecular formula is C19H30ClN5O. The maximum Gasteiger partial charge on any atom is 0.331 e. The van der Waals surface area contributed by atoms with Crippen LogP contribution in [0.25, 0.3) is 11.5 Å². The van der Waals surface area contributed by atoms with Crippen molar-refractivity contribution in [1.82, 2.24) is 19.1 Å². The molecule has 1 saturated carbocycles. The smallest absolute Gasteiger partial charge is 0.331 e. The minimum Gasteiger partial charge on any atom is -0.364 e. The van der Waals surface area contributed by atoms with Gasteiger partial charge in [0.05, 0.1) is 6.04 Å². The molecule has 0 aromatic carbocycles. The van der Waals surface area contributed by atoms with Gasteiger partial charge >= 0.3 is 5.69 Å². The van der Waals surface area contributed by atoms with Gasteiger partial charge < -0.3 is 5.32 Å². The normalized spacial score (nSPS) is 20.2. The number of nitrogens with zero attached hydrogens (tertiary/aromatic N) is 4. The van der Waals surface area contributed by atoms with Gasteiger partial charge in [0, 0.05) is 19.0 Å². The van der Waals surface area contributed by atoms with Gasteiger partial charge in [-0.25, -0.2) is 14.8 Å². The minimum atomic E-state index is 0. The van der Waals surface area contributed by atoms with Crippen molar-refractivity contribution in [3.05, 3.63) is 16.3 Å². The molecule has 0 amide bonds. The van der Waals surface area contributed by atoms with Gasteiger partial charge in [0.1, 0.15) is 17.3 Å². The summed E-state index contributed by atoms with van der Waals surface area (Å²) in [6.45, 7) is 10.1. The first-order valence-corrected chi connectivity index (χ1v) is 9.67. The summed E-state index contributed by atoms with van der Waals surface area (Å²) in [5, 5.41) is 3.58. The molecule has 3 heterocycles. The maximum atomic E-state index is 13.1. The fraction of sp³-hybridized carbons (Fsp3) is 0.737. The predicted octanol–water partition coefficient (Wildman–Crippen LogP) is 3.87. The molecule has 7 heteroatoms. The van der Waals surface area contributed by atoms with E-state index in [1.165, 1.54) is 25.7 Å². The zero-order valence-electron chi connectivity index (χ0n) is 16.2. The SMILES string of the molecule is CCCn1c2nc(C3CCCC3)nc-2c2n(c1=O)C[C@H](C(C)(C)C)N2.Cl. The molecule has 1 N–H and O–H groups in total. The van der Waals surface area contributed by atoms with E-state index in [1.54, 1.807) is 0 Å². The van der Waals surface area contributed by atoms with Gasteiger partial charge in [0.25, 0.3) is 0 Å². The second kappa shape index (κ2) is 6.87. The summed E-state index contributed by atoms with van der Waals surface area (Å²) >= 11 is 0. The molecule has 4 aliphatic rings. The van der Waals surface area contributed by atoms with Crippen LogP contribution in [0.4, 0.5) is 5.82 Å². The number of rotatable bonds is 3. The first kappa shape index (κ1) is 19.2. The van der Waals surface area contributed by atoms with Gasteiger partial charge in [0.2, 0.25) is 0 Å². The Labute approximate surface area is 161 Å². The first-order chi connectivity index (χ1) is 11.9. The van der Waals surface area contributed by atoms with Crippen molar-refractivity contribution in [2.45, 2.75) is 84.8 Å². The van der Waals surface area contributed by atoms with Gasteiger partial charge in [-0.05, 0) is 24.7 Å². The molecule has 26 heavy (non-hydrogen) atoms. The van der Waals surface area contributed by atoms with E-state index in [0.29, 0.717) is 19.0 Å². The fourth-order valence-corrected chi connectivity index (χ4v) is 4.15. The largest absolute Gasteiger partial charge is 0.364 e. The van der Waals surface area contributed by atoms with Crippen LogP contribution in [0.5, 0.6) is 0 Å². The van der Waals surface area contributed by atoms with Crippen molar-refractivity contribution < 1.29 is 0 Å². The molecule has 144 valence electrons. The summed E-state index contributed by atoms with van der Waals surface area (Å²) in [5.41, 5.74) is 0.998. The second-order valence-electron chi connectivity index (χ2n) is 8.69. The fourth-order valence-electron chi connectivity index (χ4n) is 4.15. The highest BCUT2D eigenvalue weighted by molar-refractivity contribution is 5.85. The molecule has 1 fully saturated rings. The van der Waals surface area contributed by atoms with E-state index in [2.05, 4.69) is 33.0 Å². The number of halogens is 1. The van der Waals surface area contributed by atoms with E-state index < -0.39 is 0 Å². The van der Waals surface area contributed by atoms with Crippen molar-refractivity contribution in [1.29, 1.82) is 0 Å².